The van der Waals surface area contributed by atoms with Gasteiger partial charge in [0.15, 0.2) is 0 Å². The van der Waals surface area contributed by atoms with E-state index in [9.17, 15) is 0 Å². The topological polar surface area (TPSA) is 20.2 Å². The molecule has 1 rings (SSSR count). The number of alkyl halides is 1. The van der Waals surface area contributed by atoms with Crippen LogP contribution in [-0.2, 0) is 6.42 Å². The molecule has 1 aromatic rings. The Morgan fingerprint density at radius 2 is 1.85 bits per heavy atom. The van der Waals surface area contributed by atoms with Crippen LogP contribution in [0.15, 0.2) is 30.3 Å². The molecule has 0 spiro atoms. The van der Waals surface area contributed by atoms with E-state index < -0.39 is 0 Å². The molecular weight excluding hydrogens is 184 g/mol. The first kappa shape index (κ1) is 10.6. The van der Waals surface area contributed by atoms with E-state index in [0.717, 1.165) is 12.8 Å². The fraction of sp³-hybridized carbons (Fsp3) is 0.455. The summed E-state index contributed by atoms with van der Waals surface area (Å²) in [6.07, 6.45) is 2.62. The van der Waals surface area contributed by atoms with E-state index in [1.807, 2.05) is 18.2 Å². The maximum Gasteiger partial charge on any atom is 0.0445 e. The second-order valence-electron chi connectivity index (χ2n) is 3.13. The van der Waals surface area contributed by atoms with Crippen molar-refractivity contribution in [3.8, 4) is 0 Å². The smallest absolute Gasteiger partial charge is 0.0445 e. The predicted molar refractivity (Wildman–Crippen MR) is 56.1 cm³/mol. The van der Waals surface area contributed by atoms with Gasteiger partial charge in [0.1, 0.15) is 0 Å². The first-order valence-corrected chi connectivity index (χ1v) is 5.05. The number of aliphatic hydroxyl groups excluding tert-OH is 1. The first-order valence-electron chi connectivity index (χ1n) is 4.62. The number of hydrogen-bond acceptors (Lipinski definition) is 1. The molecule has 1 atom stereocenters. The molecule has 2 heteroatoms. The van der Waals surface area contributed by atoms with Crippen LogP contribution in [0.2, 0.25) is 0 Å². The summed E-state index contributed by atoms with van der Waals surface area (Å²) in [5.41, 5.74) is 1.31. The molecule has 0 amide bonds. The highest BCUT2D eigenvalue weighted by Crippen LogP contribution is 2.11. The number of aliphatic hydroxyl groups is 1. The van der Waals surface area contributed by atoms with E-state index in [0.29, 0.717) is 6.42 Å². The zero-order chi connectivity index (χ0) is 9.52. The number of aryl methyl sites for hydroxylation is 1. The van der Waals surface area contributed by atoms with Crippen molar-refractivity contribution in [2.24, 2.45) is 0 Å². The third-order valence-electron chi connectivity index (χ3n) is 2.03. The van der Waals surface area contributed by atoms with Gasteiger partial charge in [-0.15, -0.1) is 11.6 Å². The van der Waals surface area contributed by atoms with E-state index in [2.05, 4.69) is 12.1 Å². The molecule has 1 N–H and O–H groups in total. The molecule has 0 aliphatic carbocycles. The van der Waals surface area contributed by atoms with Crippen LogP contribution in [-0.4, -0.2) is 17.1 Å². The molecule has 0 fully saturated rings. The zero-order valence-electron chi connectivity index (χ0n) is 7.62. The summed E-state index contributed by atoms with van der Waals surface area (Å²) in [4.78, 5) is 0. The lowest BCUT2D eigenvalue weighted by Crippen LogP contribution is -2.03. The van der Waals surface area contributed by atoms with E-state index in [1.54, 1.807) is 0 Å². The molecule has 72 valence electrons. The van der Waals surface area contributed by atoms with Crippen molar-refractivity contribution in [2.75, 3.05) is 6.61 Å². The lowest BCUT2D eigenvalue weighted by Gasteiger charge is -2.06. The Labute approximate surface area is 84.4 Å². The summed E-state index contributed by atoms with van der Waals surface area (Å²) >= 11 is 5.97. The minimum absolute atomic E-state index is 0.102. The fourth-order valence-electron chi connectivity index (χ4n) is 1.25. The summed E-state index contributed by atoms with van der Waals surface area (Å²) in [6, 6.07) is 10.3. The van der Waals surface area contributed by atoms with Crippen molar-refractivity contribution in [3.63, 3.8) is 0 Å². The highest BCUT2D eigenvalue weighted by molar-refractivity contribution is 6.20. The van der Waals surface area contributed by atoms with Crippen molar-refractivity contribution in [3.05, 3.63) is 35.9 Å². The number of hydrogen-bond donors (Lipinski definition) is 1. The van der Waals surface area contributed by atoms with Crippen LogP contribution in [0.4, 0.5) is 0 Å². The van der Waals surface area contributed by atoms with Gasteiger partial charge in [0.25, 0.3) is 0 Å². The second kappa shape index (κ2) is 6.01. The molecule has 1 nitrogen and oxygen atoms in total. The molecule has 0 bridgehead atoms. The van der Waals surface area contributed by atoms with Crippen molar-refractivity contribution < 1.29 is 5.11 Å². The molecule has 0 aromatic heterocycles. The normalized spacial score (nSPS) is 12.8. The van der Waals surface area contributed by atoms with Gasteiger partial charge < -0.3 is 5.11 Å². The van der Waals surface area contributed by atoms with Crippen LogP contribution >= 0.6 is 11.6 Å². The largest absolute Gasteiger partial charge is 0.396 e. The Morgan fingerprint density at radius 3 is 2.46 bits per heavy atom. The second-order valence-corrected chi connectivity index (χ2v) is 3.75. The van der Waals surface area contributed by atoms with Gasteiger partial charge in [-0.2, -0.15) is 0 Å². The zero-order valence-corrected chi connectivity index (χ0v) is 8.37. The van der Waals surface area contributed by atoms with Crippen LogP contribution in [0.5, 0.6) is 0 Å². The molecular formula is C11H15ClO. The lowest BCUT2D eigenvalue weighted by molar-refractivity contribution is 0.284. The van der Waals surface area contributed by atoms with E-state index >= 15 is 0 Å². The number of rotatable bonds is 5. The highest BCUT2D eigenvalue weighted by atomic mass is 35.5. The van der Waals surface area contributed by atoms with Crippen LogP contribution < -0.4 is 0 Å². The van der Waals surface area contributed by atoms with Crippen molar-refractivity contribution >= 4 is 11.6 Å². The Kier molecular flexibility index (Phi) is 4.87. The van der Waals surface area contributed by atoms with Crippen LogP contribution in [0, 0.1) is 0 Å². The van der Waals surface area contributed by atoms with Gasteiger partial charge in [-0.25, -0.2) is 0 Å². The SMILES string of the molecule is OCCC(Cl)CCc1ccccc1. The third-order valence-corrected chi connectivity index (χ3v) is 2.47. The fourth-order valence-corrected chi connectivity index (χ4v) is 1.46. The summed E-state index contributed by atoms with van der Waals surface area (Å²) in [7, 11) is 0. The molecule has 0 heterocycles. The van der Waals surface area contributed by atoms with E-state index in [4.69, 9.17) is 16.7 Å². The number of halogens is 1. The van der Waals surface area contributed by atoms with Gasteiger partial charge >= 0.3 is 0 Å². The Bertz CT molecular complexity index is 223. The summed E-state index contributed by atoms with van der Waals surface area (Å²) in [5.74, 6) is 0. The summed E-state index contributed by atoms with van der Waals surface area (Å²) in [5, 5.41) is 8.75. The van der Waals surface area contributed by atoms with Gasteiger partial charge in [-0.3, -0.25) is 0 Å². The Morgan fingerprint density at radius 1 is 1.15 bits per heavy atom. The monoisotopic (exact) mass is 198 g/mol. The minimum Gasteiger partial charge on any atom is -0.396 e. The molecule has 0 aliphatic heterocycles. The quantitative estimate of drug-likeness (QED) is 0.722. The predicted octanol–water partition coefficient (Wildman–Crippen LogP) is 2.61. The van der Waals surface area contributed by atoms with Crippen molar-refractivity contribution in [1.29, 1.82) is 0 Å². The van der Waals surface area contributed by atoms with Crippen molar-refractivity contribution in [2.45, 2.75) is 24.6 Å². The van der Waals surface area contributed by atoms with E-state index in [-0.39, 0.29) is 12.0 Å². The standard InChI is InChI=1S/C11H15ClO/c12-11(8-9-13)7-6-10-4-2-1-3-5-10/h1-5,11,13H,6-9H2. The molecule has 1 aromatic carbocycles. The van der Waals surface area contributed by atoms with Gasteiger partial charge in [0.05, 0.1) is 0 Å². The third kappa shape index (κ3) is 4.30. The van der Waals surface area contributed by atoms with Gasteiger partial charge in [0.2, 0.25) is 0 Å². The van der Waals surface area contributed by atoms with E-state index in [1.165, 1.54) is 5.56 Å². The van der Waals surface area contributed by atoms with Gasteiger partial charge in [0, 0.05) is 12.0 Å². The van der Waals surface area contributed by atoms with Gasteiger partial charge in [-0.1, -0.05) is 30.3 Å². The van der Waals surface area contributed by atoms with Crippen LogP contribution in [0.3, 0.4) is 0 Å². The number of benzene rings is 1. The molecule has 0 saturated heterocycles. The van der Waals surface area contributed by atoms with Crippen molar-refractivity contribution in [1.82, 2.24) is 0 Å². The maximum absolute atomic E-state index is 8.65. The molecule has 0 saturated carbocycles. The highest BCUT2D eigenvalue weighted by Gasteiger charge is 2.03. The average Bonchev–Trinajstić information content (AvgIpc) is 2.17. The minimum atomic E-state index is 0.102. The molecule has 0 radical (unpaired) electrons. The molecule has 0 aliphatic rings. The van der Waals surface area contributed by atoms with Crippen LogP contribution in [0.25, 0.3) is 0 Å². The first-order chi connectivity index (χ1) is 6.33. The average molecular weight is 199 g/mol. The summed E-state index contributed by atoms with van der Waals surface area (Å²) in [6.45, 7) is 0.183. The maximum atomic E-state index is 8.65. The summed E-state index contributed by atoms with van der Waals surface area (Å²) < 4.78 is 0. The van der Waals surface area contributed by atoms with Crippen LogP contribution in [0.1, 0.15) is 18.4 Å². The lowest BCUT2D eigenvalue weighted by atomic mass is 10.1. The Balaban J connectivity index is 2.27. The molecule has 13 heavy (non-hydrogen) atoms. The van der Waals surface area contributed by atoms with Gasteiger partial charge in [-0.05, 0) is 24.8 Å². The molecule has 1 unspecified atom stereocenters. The Hall–Kier alpha value is -0.530.